The molecule has 0 bridgehead atoms. The maximum Gasteiger partial charge on any atom is 0.208 e. The Labute approximate surface area is 165 Å². The molecule has 5 heteroatoms. The lowest BCUT2D eigenvalue weighted by molar-refractivity contribution is 0.597. The number of rotatable bonds is 7. The fourth-order valence-electron chi connectivity index (χ4n) is 3.43. The number of fused-ring (bicyclic) bond motifs is 1. The minimum Gasteiger partial charge on any atom is -0.360 e. The van der Waals surface area contributed by atoms with E-state index < -0.39 is 9.84 Å². The van der Waals surface area contributed by atoms with Crippen LogP contribution in [-0.2, 0) is 22.8 Å². The van der Waals surface area contributed by atoms with Crippen molar-refractivity contribution in [2.75, 3.05) is 6.54 Å². The van der Waals surface area contributed by atoms with Crippen LogP contribution in [0.25, 0.3) is 10.9 Å². The largest absolute Gasteiger partial charge is 0.360 e. The van der Waals surface area contributed by atoms with E-state index in [1.807, 2.05) is 42.5 Å². The van der Waals surface area contributed by atoms with Gasteiger partial charge in [0.25, 0.3) is 0 Å². The van der Waals surface area contributed by atoms with Crippen molar-refractivity contribution >= 4 is 20.7 Å². The van der Waals surface area contributed by atoms with Crippen LogP contribution in [0.15, 0.2) is 94.9 Å². The van der Waals surface area contributed by atoms with Gasteiger partial charge in [0.15, 0.2) is 0 Å². The lowest BCUT2D eigenvalue weighted by Gasteiger charge is -2.09. The van der Waals surface area contributed by atoms with Crippen LogP contribution in [0.2, 0.25) is 0 Å². The maximum atomic E-state index is 13.1. The lowest BCUT2D eigenvalue weighted by atomic mass is 10.1. The Balaban J connectivity index is 1.59. The predicted molar refractivity (Wildman–Crippen MR) is 112 cm³/mol. The van der Waals surface area contributed by atoms with Gasteiger partial charge in [-0.05, 0) is 42.3 Å². The van der Waals surface area contributed by atoms with E-state index in [0.29, 0.717) is 9.79 Å². The van der Waals surface area contributed by atoms with Gasteiger partial charge in [-0.2, -0.15) is 0 Å². The van der Waals surface area contributed by atoms with Crippen LogP contribution >= 0.6 is 0 Å². The molecular formula is C23H22N2O2S. The molecule has 0 radical (unpaired) electrons. The summed E-state index contributed by atoms with van der Waals surface area (Å²) in [5.74, 6) is 0. The summed E-state index contributed by atoms with van der Waals surface area (Å²) >= 11 is 0. The fraction of sp³-hybridized carbons (Fsp3) is 0.130. The summed E-state index contributed by atoms with van der Waals surface area (Å²) in [5.41, 5.74) is 3.10. The van der Waals surface area contributed by atoms with Crippen molar-refractivity contribution in [1.29, 1.82) is 0 Å². The number of H-pyrrole nitrogens is 1. The highest BCUT2D eigenvalue weighted by atomic mass is 32.2. The minimum atomic E-state index is -3.57. The van der Waals surface area contributed by atoms with E-state index >= 15 is 0 Å². The van der Waals surface area contributed by atoms with E-state index in [0.717, 1.165) is 36.0 Å². The predicted octanol–water partition coefficient (Wildman–Crippen LogP) is 4.33. The molecule has 0 atom stereocenters. The first-order chi connectivity index (χ1) is 13.7. The van der Waals surface area contributed by atoms with Gasteiger partial charge in [-0.3, -0.25) is 0 Å². The highest BCUT2D eigenvalue weighted by molar-refractivity contribution is 7.91. The molecule has 142 valence electrons. The quantitative estimate of drug-likeness (QED) is 0.462. The molecule has 0 fully saturated rings. The fourth-order valence-corrected chi connectivity index (χ4v) is 4.92. The molecule has 0 unspecified atom stereocenters. The van der Waals surface area contributed by atoms with Crippen LogP contribution in [0.5, 0.6) is 0 Å². The lowest BCUT2D eigenvalue weighted by Crippen LogP contribution is -2.16. The molecule has 0 saturated carbocycles. The SMILES string of the molecule is O=S(=O)(c1ccccc1)c1c[nH]c2cccc(CCNCc3ccccc3)c12. The van der Waals surface area contributed by atoms with Crippen molar-refractivity contribution in [1.82, 2.24) is 10.3 Å². The van der Waals surface area contributed by atoms with E-state index in [-0.39, 0.29) is 0 Å². The second kappa shape index (κ2) is 8.00. The molecule has 4 rings (SSSR count). The van der Waals surface area contributed by atoms with Crippen LogP contribution in [0.3, 0.4) is 0 Å². The van der Waals surface area contributed by atoms with Crippen molar-refractivity contribution in [3.63, 3.8) is 0 Å². The van der Waals surface area contributed by atoms with E-state index in [4.69, 9.17) is 0 Å². The molecule has 4 nitrogen and oxygen atoms in total. The third-order valence-electron chi connectivity index (χ3n) is 4.84. The first kappa shape index (κ1) is 18.5. The van der Waals surface area contributed by atoms with Crippen molar-refractivity contribution < 1.29 is 8.42 Å². The number of hydrogen-bond acceptors (Lipinski definition) is 3. The number of aromatic nitrogens is 1. The van der Waals surface area contributed by atoms with E-state index in [1.54, 1.807) is 30.5 Å². The summed E-state index contributed by atoms with van der Waals surface area (Å²) in [5, 5.41) is 4.22. The number of aromatic amines is 1. The van der Waals surface area contributed by atoms with Crippen molar-refractivity contribution in [2.24, 2.45) is 0 Å². The molecule has 0 amide bonds. The molecule has 3 aromatic carbocycles. The van der Waals surface area contributed by atoms with Gasteiger partial charge in [-0.15, -0.1) is 0 Å². The standard InChI is InChI=1S/C23H22N2O2S/c26-28(27,20-11-5-2-6-12-20)22-17-25-21-13-7-10-19(23(21)22)14-15-24-16-18-8-3-1-4-9-18/h1-13,17,24-25H,14-16H2. The second-order valence-corrected chi connectivity index (χ2v) is 8.64. The van der Waals surface area contributed by atoms with Gasteiger partial charge in [0.05, 0.1) is 9.79 Å². The second-order valence-electron chi connectivity index (χ2n) is 6.72. The van der Waals surface area contributed by atoms with Crippen molar-refractivity contribution in [3.8, 4) is 0 Å². The zero-order valence-electron chi connectivity index (χ0n) is 15.4. The molecule has 1 aromatic heterocycles. The monoisotopic (exact) mass is 390 g/mol. The third kappa shape index (κ3) is 3.72. The van der Waals surface area contributed by atoms with Crippen LogP contribution in [0, 0.1) is 0 Å². The van der Waals surface area contributed by atoms with Gasteiger partial charge < -0.3 is 10.3 Å². The number of hydrogen-bond donors (Lipinski definition) is 2. The summed E-state index contributed by atoms with van der Waals surface area (Å²) < 4.78 is 26.3. The Morgan fingerprint density at radius 1 is 0.821 bits per heavy atom. The normalized spacial score (nSPS) is 11.7. The third-order valence-corrected chi connectivity index (χ3v) is 6.64. The molecule has 1 heterocycles. The summed E-state index contributed by atoms with van der Waals surface area (Å²) in [7, 11) is -3.57. The van der Waals surface area contributed by atoms with E-state index in [2.05, 4.69) is 22.4 Å². The molecule has 0 aliphatic carbocycles. The molecule has 0 saturated heterocycles. The van der Waals surface area contributed by atoms with Gasteiger partial charge >= 0.3 is 0 Å². The molecule has 0 aliphatic rings. The maximum absolute atomic E-state index is 13.1. The zero-order valence-corrected chi connectivity index (χ0v) is 16.2. The van der Waals surface area contributed by atoms with E-state index in [9.17, 15) is 8.42 Å². The summed E-state index contributed by atoms with van der Waals surface area (Å²) in [4.78, 5) is 3.77. The Morgan fingerprint density at radius 2 is 1.54 bits per heavy atom. The Kier molecular flexibility index (Phi) is 5.28. The molecule has 2 N–H and O–H groups in total. The highest BCUT2D eigenvalue weighted by Gasteiger charge is 2.22. The van der Waals surface area contributed by atoms with Gasteiger partial charge in [0.1, 0.15) is 0 Å². The summed E-state index contributed by atoms with van der Waals surface area (Å²) in [6.07, 6.45) is 2.35. The van der Waals surface area contributed by atoms with E-state index in [1.165, 1.54) is 5.56 Å². The average molecular weight is 391 g/mol. The summed E-state index contributed by atoms with van der Waals surface area (Å²) in [6.45, 7) is 1.56. The average Bonchev–Trinajstić information content (AvgIpc) is 3.18. The van der Waals surface area contributed by atoms with Gasteiger partial charge in [-0.1, -0.05) is 60.7 Å². The summed E-state index contributed by atoms with van der Waals surface area (Å²) in [6, 6.07) is 24.7. The smallest absolute Gasteiger partial charge is 0.208 e. The zero-order chi connectivity index (χ0) is 19.4. The van der Waals surface area contributed by atoms with Crippen LogP contribution in [0.4, 0.5) is 0 Å². The van der Waals surface area contributed by atoms with Gasteiger partial charge in [-0.25, -0.2) is 8.42 Å². The Hall–Kier alpha value is -2.89. The highest BCUT2D eigenvalue weighted by Crippen LogP contribution is 2.30. The van der Waals surface area contributed by atoms with Gasteiger partial charge in [0.2, 0.25) is 9.84 Å². The van der Waals surface area contributed by atoms with Crippen LogP contribution in [0.1, 0.15) is 11.1 Å². The molecular weight excluding hydrogens is 368 g/mol. The van der Waals surface area contributed by atoms with Crippen molar-refractivity contribution in [3.05, 3.63) is 96.2 Å². The van der Waals surface area contributed by atoms with Crippen molar-refractivity contribution in [2.45, 2.75) is 22.8 Å². The number of nitrogens with one attached hydrogen (secondary N) is 2. The Morgan fingerprint density at radius 3 is 2.29 bits per heavy atom. The van der Waals surface area contributed by atoms with Gasteiger partial charge in [0, 0.05) is 23.6 Å². The molecule has 4 aromatic rings. The minimum absolute atomic E-state index is 0.313. The molecule has 0 spiro atoms. The Bertz CT molecular complexity index is 1170. The molecule has 0 aliphatic heterocycles. The first-order valence-electron chi connectivity index (χ1n) is 9.30. The van der Waals surface area contributed by atoms with Crippen LogP contribution < -0.4 is 5.32 Å². The number of benzene rings is 3. The van der Waals surface area contributed by atoms with Crippen LogP contribution in [-0.4, -0.2) is 19.9 Å². The first-order valence-corrected chi connectivity index (χ1v) is 10.8. The topological polar surface area (TPSA) is 62.0 Å². The number of sulfone groups is 1. The molecule has 28 heavy (non-hydrogen) atoms.